The minimum absolute atomic E-state index is 0.176. The van der Waals surface area contributed by atoms with Crippen molar-refractivity contribution in [2.45, 2.75) is 32.2 Å². The molecule has 1 saturated heterocycles. The van der Waals surface area contributed by atoms with Crippen LogP contribution in [0.25, 0.3) is 15.9 Å². The molecule has 0 aliphatic carbocycles. The Morgan fingerprint density at radius 3 is 2.70 bits per heavy atom. The number of primary amides is 1. The van der Waals surface area contributed by atoms with Gasteiger partial charge in [0.15, 0.2) is 0 Å². The first-order valence-corrected chi connectivity index (χ1v) is 9.63. The molecule has 0 saturated carbocycles. The molecular weight excluding hydrogens is 367 g/mol. The normalized spacial score (nSPS) is 17.4. The number of halogens is 1. The Hall–Kier alpha value is -2.74. The molecule has 1 aromatic carbocycles. The molecule has 3 heterocycles. The number of nitrogens with two attached hydrogens (primary N) is 1. The van der Waals surface area contributed by atoms with E-state index in [9.17, 15) is 14.0 Å². The van der Waals surface area contributed by atoms with E-state index in [1.54, 1.807) is 21.7 Å². The van der Waals surface area contributed by atoms with Crippen LogP contribution in [0.15, 0.2) is 30.3 Å². The fraction of sp³-hybridized carbons (Fsp3) is 0.316. The number of hydrogen-bond donors (Lipinski definition) is 1. The molecule has 1 fully saturated rings. The molecule has 1 atom stereocenters. The summed E-state index contributed by atoms with van der Waals surface area (Å²) in [5, 5.41) is 5.39. The largest absolute Gasteiger partial charge is 0.368 e. The molecule has 2 aromatic heterocycles. The molecule has 0 unspecified atom stereocenters. The Morgan fingerprint density at radius 2 is 2.00 bits per heavy atom. The lowest BCUT2D eigenvalue weighted by atomic mass is 10.0. The summed E-state index contributed by atoms with van der Waals surface area (Å²) in [4.78, 5) is 27.7. The van der Waals surface area contributed by atoms with Gasteiger partial charge in [-0.25, -0.2) is 9.07 Å². The van der Waals surface area contributed by atoms with Gasteiger partial charge in [0, 0.05) is 11.9 Å². The Kier molecular flexibility index (Phi) is 4.43. The van der Waals surface area contributed by atoms with E-state index in [-0.39, 0.29) is 11.7 Å². The summed E-state index contributed by atoms with van der Waals surface area (Å²) in [6.45, 7) is 2.40. The Labute approximate surface area is 159 Å². The second-order valence-corrected chi connectivity index (χ2v) is 7.75. The number of carbonyl (C=O) groups is 2. The summed E-state index contributed by atoms with van der Waals surface area (Å²) in [5.41, 5.74) is 7.00. The van der Waals surface area contributed by atoms with E-state index in [0.717, 1.165) is 34.4 Å². The third kappa shape index (κ3) is 3.10. The zero-order valence-corrected chi connectivity index (χ0v) is 15.6. The number of hydrogen-bond acceptors (Lipinski definition) is 4. The van der Waals surface area contributed by atoms with Crippen LogP contribution in [0.3, 0.4) is 0 Å². The number of aryl methyl sites for hydroxylation is 1. The predicted octanol–water partition coefficient (Wildman–Crippen LogP) is 3.01. The fourth-order valence-electron chi connectivity index (χ4n) is 3.52. The lowest BCUT2D eigenvalue weighted by Crippen LogP contribution is -2.50. The zero-order chi connectivity index (χ0) is 19.1. The van der Waals surface area contributed by atoms with E-state index in [1.165, 1.54) is 23.5 Å². The fourth-order valence-corrected chi connectivity index (χ4v) is 4.66. The van der Waals surface area contributed by atoms with Crippen LogP contribution in [0.2, 0.25) is 0 Å². The molecule has 1 aliphatic heterocycles. The van der Waals surface area contributed by atoms with E-state index >= 15 is 0 Å². The summed E-state index contributed by atoms with van der Waals surface area (Å²) in [7, 11) is 0. The Bertz CT molecular complexity index is 1020. The van der Waals surface area contributed by atoms with Crippen molar-refractivity contribution in [2.24, 2.45) is 5.73 Å². The molecule has 2 amide bonds. The van der Waals surface area contributed by atoms with Gasteiger partial charge in [-0.15, -0.1) is 11.3 Å². The maximum absolute atomic E-state index is 13.2. The standard InChI is InChI=1S/C19H19FN4O2S/c1-11-14-10-16(18(26)23-9-3-2-4-15(23)17(21)25)27-19(14)24(22-11)13-7-5-12(20)6-8-13/h5-8,10,15H,2-4,9H2,1H3,(H2,21,25)/t15-/m1/s1. The first kappa shape index (κ1) is 17.7. The summed E-state index contributed by atoms with van der Waals surface area (Å²) in [6, 6.07) is 7.32. The monoisotopic (exact) mass is 386 g/mol. The second-order valence-electron chi connectivity index (χ2n) is 6.72. The average molecular weight is 386 g/mol. The van der Waals surface area contributed by atoms with Crippen LogP contribution in [0.5, 0.6) is 0 Å². The van der Waals surface area contributed by atoms with Gasteiger partial charge in [-0.3, -0.25) is 9.59 Å². The first-order valence-electron chi connectivity index (χ1n) is 8.81. The molecule has 140 valence electrons. The van der Waals surface area contributed by atoms with E-state index in [1.807, 2.05) is 13.0 Å². The van der Waals surface area contributed by atoms with Gasteiger partial charge in [-0.1, -0.05) is 0 Å². The molecule has 4 rings (SSSR count). The quantitative estimate of drug-likeness (QED) is 0.751. The highest BCUT2D eigenvalue weighted by molar-refractivity contribution is 7.20. The summed E-state index contributed by atoms with van der Waals surface area (Å²) < 4.78 is 14.9. The van der Waals surface area contributed by atoms with Gasteiger partial charge in [-0.2, -0.15) is 5.10 Å². The molecule has 2 N–H and O–H groups in total. The second kappa shape index (κ2) is 6.77. The van der Waals surface area contributed by atoms with Crippen molar-refractivity contribution in [3.8, 4) is 5.69 Å². The van der Waals surface area contributed by atoms with Crippen LogP contribution in [-0.4, -0.2) is 39.1 Å². The number of benzene rings is 1. The van der Waals surface area contributed by atoms with E-state index in [0.29, 0.717) is 17.8 Å². The molecule has 8 heteroatoms. The lowest BCUT2D eigenvalue weighted by molar-refractivity contribution is -0.123. The van der Waals surface area contributed by atoms with Crippen LogP contribution in [-0.2, 0) is 4.79 Å². The molecule has 0 radical (unpaired) electrons. The number of likely N-dealkylation sites (tertiary alicyclic amines) is 1. The van der Waals surface area contributed by atoms with Gasteiger partial charge in [-0.05, 0) is 56.5 Å². The van der Waals surface area contributed by atoms with E-state index in [2.05, 4.69) is 5.10 Å². The minimum Gasteiger partial charge on any atom is -0.368 e. The lowest BCUT2D eigenvalue weighted by Gasteiger charge is -2.33. The van der Waals surface area contributed by atoms with Crippen LogP contribution in [0.4, 0.5) is 4.39 Å². The van der Waals surface area contributed by atoms with Crippen molar-refractivity contribution in [2.75, 3.05) is 6.54 Å². The smallest absolute Gasteiger partial charge is 0.264 e. The third-order valence-corrected chi connectivity index (χ3v) is 6.02. The van der Waals surface area contributed by atoms with Crippen LogP contribution in [0.1, 0.15) is 34.6 Å². The van der Waals surface area contributed by atoms with E-state index < -0.39 is 11.9 Å². The number of amides is 2. The Morgan fingerprint density at radius 1 is 1.26 bits per heavy atom. The molecule has 0 bridgehead atoms. The molecule has 3 aromatic rings. The molecule has 1 aliphatic rings. The highest BCUT2D eigenvalue weighted by Crippen LogP contribution is 2.32. The van der Waals surface area contributed by atoms with E-state index in [4.69, 9.17) is 5.73 Å². The van der Waals surface area contributed by atoms with Gasteiger partial charge in [0.1, 0.15) is 16.7 Å². The van der Waals surface area contributed by atoms with Gasteiger partial charge in [0.2, 0.25) is 5.91 Å². The van der Waals surface area contributed by atoms with Crippen LogP contribution < -0.4 is 5.73 Å². The molecule has 27 heavy (non-hydrogen) atoms. The topological polar surface area (TPSA) is 81.2 Å². The number of thiophene rings is 1. The summed E-state index contributed by atoms with van der Waals surface area (Å²) >= 11 is 1.32. The molecule has 6 nitrogen and oxygen atoms in total. The van der Waals surface area contributed by atoms with Gasteiger partial charge < -0.3 is 10.6 Å². The third-order valence-electron chi connectivity index (χ3n) is 4.92. The van der Waals surface area contributed by atoms with Crippen molar-refractivity contribution < 1.29 is 14.0 Å². The van der Waals surface area contributed by atoms with Gasteiger partial charge in [0.05, 0.1) is 16.3 Å². The molecular formula is C19H19FN4O2S. The summed E-state index contributed by atoms with van der Waals surface area (Å²) in [5.74, 6) is -0.953. The van der Waals surface area contributed by atoms with Crippen LogP contribution >= 0.6 is 11.3 Å². The number of nitrogens with zero attached hydrogens (tertiary/aromatic N) is 3. The molecule has 0 spiro atoms. The first-order chi connectivity index (χ1) is 13.0. The number of fused-ring (bicyclic) bond motifs is 1. The highest BCUT2D eigenvalue weighted by atomic mass is 32.1. The highest BCUT2D eigenvalue weighted by Gasteiger charge is 2.32. The maximum atomic E-state index is 13.2. The van der Waals surface area contributed by atoms with Crippen molar-refractivity contribution in [1.29, 1.82) is 0 Å². The van der Waals surface area contributed by atoms with Crippen molar-refractivity contribution in [1.82, 2.24) is 14.7 Å². The SMILES string of the molecule is Cc1nn(-c2ccc(F)cc2)c2sc(C(=O)N3CCCC[C@@H]3C(N)=O)cc12. The number of aromatic nitrogens is 2. The van der Waals surface area contributed by atoms with Gasteiger partial charge >= 0.3 is 0 Å². The number of rotatable bonds is 3. The average Bonchev–Trinajstić information content (AvgIpc) is 3.23. The minimum atomic E-state index is -0.550. The van der Waals surface area contributed by atoms with Crippen LogP contribution in [0, 0.1) is 12.7 Å². The number of piperidine rings is 1. The van der Waals surface area contributed by atoms with Gasteiger partial charge in [0.25, 0.3) is 5.91 Å². The number of carbonyl (C=O) groups excluding carboxylic acids is 2. The zero-order valence-electron chi connectivity index (χ0n) is 14.8. The Balaban J connectivity index is 1.73. The predicted molar refractivity (Wildman–Crippen MR) is 102 cm³/mol. The van der Waals surface area contributed by atoms with Crippen molar-refractivity contribution in [3.05, 3.63) is 46.7 Å². The maximum Gasteiger partial charge on any atom is 0.264 e. The van der Waals surface area contributed by atoms with Crippen molar-refractivity contribution in [3.63, 3.8) is 0 Å². The van der Waals surface area contributed by atoms with Crippen molar-refractivity contribution >= 4 is 33.4 Å². The summed E-state index contributed by atoms with van der Waals surface area (Å²) in [6.07, 6.45) is 2.36.